The molecule has 1 aliphatic carbocycles. The van der Waals surface area contributed by atoms with Crippen LogP contribution >= 0.6 is 0 Å². The lowest BCUT2D eigenvalue weighted by atomic mass is 9.94. The highest BCUT2D eigenvalue weighted by atomic mass is 19.2. The van der Waals surface area contributed by atoms with Crippen LogP contribution in [0.1, 0.15) is 21.5 Å². The first-order chi connectivity index (χ1) is 9.58. The van der Waals surface area contributed by atoms with Crippen molar-refractivity contribution in [3.05, 3.63) is 70.5 Å². The zero-order chi connectivity index (χ0) is 14.3. The number of halogens is 3. The van der Waals surface area contributed by atoms with E-state index in [1.54, 1.807) is 0 Å². The Hall–Kier alpha value is -2.10. The summed E-state index contributed by atoms with van der Waals surface area (Å²) in [5.74, 6) is -5.16. The van der Waals surface area contributed by atoms with Crippen molar-refractivity contribution in [2.75, 3.05) is 0 Å². The molecule has 0 amide bonds. The van der Waals surface area contributed by atoms with Gasteiger partial charge in [-0.25, -0.2) is 13.2 Å². The standard InChI is InChI=1S/C16H11F3O/c17-13-6-5-12(14(18)15(13)19)16(20)11-7-9-3-1-2-4-10(9)8-11/h1-6,11H,7-8H2. The molecule has 0 saturated carbocycles. The van der Waals surface area contributed by atoms with Crippen LogP contribution in [-0.2, 0) is 12.8 Å². The normalized spacial score (nSPS) is 14.3. The van der Waals surface area contributed by atoms with Crippen LogP contribution in [0, 0.1) is 23.4 Å². The van der Waals surface area contributed by atoms with Gasteiger partial charge in [-0.05, 0) is 36.1 Å². The van der Waals surface area contributed by atoms with E-state index in [9.17, 15) is 18.0 Å². The summed E-state index contributed by atoms with van der Waals surface area (Å²) in [5, 5.41) is 0. The van der Waals surface area contributed by atoms with E-state index < -0.39 is 29.2 Å². The smallest absolute Gasteiger partial charge is 0.195 e. The molecule has 0 atom stereocenters. The fourth-order valence-electron chi connectivity index (χ4n) is 2.68. The molecule has 0 bridgehead atoms. The van der Waals surface area contributed by atoms with Gasteiger partial charge in [0.05, 0.1) is 5.56 Å². The highest BCUT2D eigenvalue weighted by Crippen LogP contribution is 2.30. The molecule has 3 rings (SSSR count). The van der Waals surface area contributed by atoms with Crippen molar-refractivity contribution >= 4 is 5.78 Å². The van der Waals surface area contributed by atoms with Crippen LogP contribution in [0.4, 0.5) is 13.2 Å². The van der Waals surface area contributed by atoms with Crippen LogP contribution in [0.3, 0.4) is 0 Å². The lowest BCUT2D eigenvalue weighted by Gasteiger charge is -2.09. The fraction of sp³-hybridized carbons (Fsp3) is 0.188. The van der Waals surface area contributed by atoms with Crippen LogP contribution < -0.4 is 0 Å². The molecule has 0 saturated heterocycles. The third-order valence-electron chi connectivity index (χ3n) is 3.72. The van der Waals surface area contributed by atoms with Crippen molar-refractivity contribution in [1.29, 1.82) is 0 Å². The number of carbonyl (C=O) groups is 1. The van der Waals surface area contributed by atoms with Crippen molar-refractivity contribution in [3.63, 3.8) is 0 Å². The molecule has 0 fully saturated rings. The zero-order valence-electron chi connectivity index (χ0n) is 10.5. The van der Waals surface area contributed by atoms with Crippen LogP contribution in [0.2, 0.25) is 0 Å². The predicted molar refractivity (Wildman–Crippen MR) is 68.0 cm³/mol. The van der Waals surface area contributed by atoms with Crippen molar-refractivity contribution in [3.8, 4) is 0 Å². The molecule has 1 nitrogen and oxygen atoms in total. The van der Waals surface area contributed by atoms with E-state index in [0.29, 0.717) is 12.8 Å². The summed E-state index contributed by atoms with van der Waals surface area (Å²) < 4.78 is 39.7. The minimum absolute atomic E-state index is 0.373. The van der Waals surface area contributed by atoms with Gasteiger partial charge in [-0.2, -0.15) is 0 Å². The van der Waals surface area contributed by atoms with Crippen LogP contribution in [-0.4, -0.2) is 5.78 Å². The van der Waals surface area contributed by atoms with Crippen molar-refractivity contribution < 1.29 is 18.0 Å². The van der Waals surface area contributed by atoms with E-state index in [0.717, 1.165) is 23.3 Å². The summed E-state index contributed by atoms with van der Waals surface area (Å²) in [6.07, 6.45) is 1.01. The highest BCUT2D eigenvalue weighted by Gasteiger charge is 2.30. The number of fused-ring (bicyclic) bond motifs is 1. The Bertz CT molecular complexity index is 669. The van der Waals surface area contributed by atoms with Gasteiger partial charge in [0.1, 0.15) is 0 Å². The van der Waals surface area contributed by atoms with Gasteiger partial charge < -0.3 is 0 Å². The van der Waals surface area contributed by atoms with Gasteiger partial charge in [0.25, 0.3) is 0 Å². The van der Waals surface area contributed by atoms with Gasteiger partial charge in [-0.3, -0.25) is 4.79 Å². The van der Waals surface area contributed by atoms with Gasteiger partial charge in [-0.15, -0.1) is 0 Å². The number of benzene rings is 2. The second-order valence-corrected chi connectivity index (χ2v) is 4.96. The van der Waals surface area contributed by atoms with E-state index >= 15 is 0 Å². The lowest BCUT2D eigenvalue weighted by molar-refractivity contribution is 0.0919. The third kappa shape index (κ3) is 2.01. The SMILES string of the molecule is O=C(c1ccc(F)c(F)c1F)C1Cc2ccccc2C1. The molecule has 4 heteroatoms. The number of ketones is 1. The molecular formula is C16H11F3O. The fourth-order valence-corrected chi connectivity index (χ4v) is 2.68. The van der Waals surface area contributed by atoms with E-state index in [1.807, 2.05) is 24.3 Å². The number of hydrogen-bond donors (Lipinski definition) is 0. The van der Waals surface area contributed by atoms with Gasteiger partial charge in [-0.1, -0.05) is 24.3 Å². The molecule has 0 aliphatic heterocycles. The monoisotopic (exact) mass is 276 g/mol. The predicted octanol–water partition coefficient (Wildman–Crippen LogP) is 3.70. The third-order valence-corrected chi connectivity index (χ3v) is 3.72. The first-order valence-electron chi connectivity index (χ1n) is 6.32. The van der Waals surface area contributed by atoms with Crippen LogP contribution in [0.15, 0.2) is 36.4 Å². The van der Waals surface area contributed by atoms with E-state index in [-0.39, 0.29) is 5.56 Å². The first kappa shape index (κ1) is 12.9. The minimum atomic E-state index is -1.59. The summed E-state index contributed by atoms with van der Waals surface area (Å²) in [6.45, 7) is 0. The second kappa shape index (κ2) is 4.78. The Kier molecular flexibility index (Phi) is 3.08. The van der Waals surface area contributed by atoms with Crippen molar-refractivity contribution in [2.45, 2.75) is 12.8 Å². The Morgan fingerprint density at radius 2 is 1.50 bits per heavy atom. The molecule has 2 aromatic carbocycles. The Morgan fingerprint density at radius 3 is 2.10 bits per heavy atom. The lowest BCUT2D eigenvalue weighted by Crippen LogP contribution is -2.17. The van der Waals surface area contributed by atoms with Crippen LogP contribution in [0.5, 0.6) is 0 Å². The van der Waals surface area contributed by atoms with Gasteiger partial charge >= 0.3 is 0 Å². The summed E-state index contributed by atoms with van der Waals surface area (Å²) >= 11 is 0. The molecule has 102 valence electrons. The number of carbonyl (C=O) groups excluding carboxylic acids is 1. The average Bonchev–Trinajstić information content (AvgIpc) is 2.88. The summed E-state index contributed by atoms with van der Waals surface area (Å²) in [5.41, 5.74) is 1.73. The molecule has 20 heavy (non-hydrogen) atoms. The minimum Gasteiger partial charge on any atom is -0.294 e. The summed E-state index contributed by atoms with van der Waals surface area (Å²) in [4.78, 5) is 12.3. The first-order valence-corrected chi connectivity index (χ1v) is 6.32. The topological polar surface area (TPSA) is 17.1 Å². The molecule has 0 radical (unpaired) electrons. The zero-order valence-corrected chi connectivity index (χ0v) is 10.5. The Morgan fingerprint density at radius 1 is 0.900 bits per heavy atom. The molecule has 0 spiro atoms. The molecule has 0 N–H and O–H groups in total. The summed E-state index contributed by atoms with van der Waals surface area (Å²) in [7, 11) is 0. The van der Waals surface area contributed by atoms with E-state index in [2.05, 4.69) is 0 Å². The quantitative estimate of drug-likeness (QED) is 0.604. The molecular weight excluding hydrogens is 265 g/mol. The van der Waals surface area contributed by atoms with Gasteiger partial charge in [0.15, 0.2) is 23.2 Å². The Balaban J connectivity index is 1.91. The van der Waals surface area contributed by atoms with Crippen LogP contribution in [0.25, 0.3) is 0 Å². The number of Topliss-reactive ketones (excluding diaryl/α,β-unsaturated/α-hetero) is 1. The average molecular weight is 276 g/mol. The Labute approximate surface area is 114 Å². The second-order valence-electron chi connectivity index (χ2n) is 4.96. The van der Waals surface area contributed by atoms with E-state index in [4.69, 9.17) is 0 Å². The maximum atomic E-state index is 13.7. The van der Waals surface area contributed by atoms with Gasteiger partial charge in [0.2, 0.25) is 0 Å². The molecule has 0 unspecified atom stereocenters. The number of hydrogen-bond acceptors (Lipinski definition) is 1. The molecule has 0 heterocycles. The molecule has 2 aromatic rings. The number of rotatable bonds is 2. The van der Waals surface area contributed by atoms with E-state index in [1.165, 1.54) is 0 Å². The van der Waals surface area contributed by atoms with Crippen molar-refractivity contribution in [1.82, 2.24) is 0 Å². The maximum absolute atomic E-state index is 13.7. The highest BCUT2D eigenvalue weighted by molar-refractivity contribution is 5.98. The molecule has 0 aromatic heterocycles. The van der Waals surface area contributed by atoms with Gasteiger partial charge in [0, 0.05) is 5.92 Å². The largest absolute Gasteiger partial charge is 0.294 e. The summed E-state index contributed by atoms with van der Waals surface area (Å²) in [6, 6.07) is 9.40. The van der Waals surface area contributed by atoms with Crippen molar-refractivity contribution in [2.24, 2.45) is 5.92 Å². The molecule has 1 aliphatic rings. The maximum Gasteiger partial charge on any atom is 0.195 e.